The molecular formula is C15H16N2O2. The number of aromatic nitrogens is 2. The first-order valence-electron chi connectivity index (χ1n) is 6.19. The Morgan fingerprint density at radius 1 is 1.11 bits per heavy atom. The van der Waals surface area contributed by atoms with Crippen LogP contribution in [0.4, 0.5) is 0 Å². The molecule has 0 spiro atoms. The molecule has 4 heteroatoms. The number of hydrogen-bond donors (Lipinski definition) is 1. The summed E-state index contributed by atoms with van der Waals surface area (Å²) in [5.74, 6) is 0.347. The van der Waals surface area contributed by atoms with Gasteiger partial charge in [-0.2, -0.15) is 0 Å². The van der Waals surface area contributed by atoms with Crippen molar-refractivity contribution in [1.82, 2.24) is 9.97 Å². The van der Waals surface area contributed by atoms with E-state index in [1.54, 1.807) is 0 Å². The van der Waals surface area contributed by atoms with Gasteiger partial charge in [0.05, 0.1) is 5.56 Å². The summed E-state index contributed by atoms with van der Waals surface area (Å²) in [6.45, 7) is 1.55. The van der Waals surface area contributed by atoms with Crippen LogP contribution in [0.2, 0.25) is 0 Å². The summed E-state index contributed by atoms with van der Waals surface area (Å²) in [5, 5.41) is 8.73. The van der Waals surface area contributed by atoms with E-state index in [9.17, 15) is 4.79 Å². The van der Waals surface area contributed by atoms with Crippen LogP contribution >= 0.6 is 0 Å². The zero-order valence-electron chi connectivity index (χ0n) is 10.8. The molecule has 1 N–H and O–H groups in total. The number of aliphatic hydroxyl groups is 1. The largest absolute Gasteiger partial charge is 0.388 e. The molecule has 0 amide bonds. The van der Waals surface area contributed by atoms with Gasteiger partial charge in [-0.1, -0.05) is 29.8 Å². The third kappa shape index (κ3) is 3.69. The van der Waals surface area contributed by atoms with Gasteiger partial charge in [0.25, 0.3) is 0 Å². The van der Waals surface area contributed by atoms with Crippen LogP contribution in [0.1, 0.15) is 27.3 Å². The van der Waals surface area contributed by atoms with Crippen LogP contribution in [-0.2, 0) is 12.8 Å². The molecule has 2 aromatic rings. The van der Waals surface area contributed by atoms with Crippen molar-refractivity contribution < 1.29 is 9.90 Å². The van der Waals surface area contributed by atoms with Gasteiger partial charge in [0.15, 0.2) is 5.78 Å². The van der Waals surface area contributed by atoms with Crippen molar-refractivity contribution in [1.29, 1.82) is 0 Å². The quantitative estimate of drug-likeness (QED) is 0.828. The molecular weight excluding hydrogens is 240 g/mol. The van der Waals surface area contributed by atoms with E-state index in [0.29, 0.717) is 11.4 Å². The number of nitrogens with zero attached hydrogens (tertiary/aromatic N) is 2. The van der Waals surface area contributed by atoms with Gasteiger partial charge >= 0.3 is 0 Å². The van der Waals surface area contributed by atoms with E-state index in [0.717, 1.165) is 12.8 Å². The predicted octanol–water partition coefficient (Wildman–Crippen LogP) is 1.75. The lowest BCUT2D eigenvalue weighted by molar-refractivity contribution is 0.0903. The number of aliphatic hydroxyl groups excluding tert-OH is 1. The molecule has 19 heavy (non-hydrogen) atoms. The Hall–Kier alpha value is -2.07. The molecule has 0 atom stereocenters. The molecule has 0 saturated heterocycles. The van der Waals surface area contributed by atoms with Crippen LogP contribution in [0.3, 0.4) is 0 Å². The average Bonchev–Trinajstić information content (AvgIpc) is 2.46. The number of aryl methyl sites for hydroxylation is 3. The van der Waals surface area contributed by atoms with Crippen LogP contribution in [0, 0.1) is 6.92 Å². The van der Waals surface area contributed by atoms with Crippen LogP contribution in [0.5, 0.6) is 0 Å². The Bertz CT molecular complexity index is 547. The SMILES string of the molecule is Cc1ccc(CCc2ncc(C(=O)CO)cn2)cc1. The highest BCUT2D eigenvalue weighted by molar-refractivity contribution is 5.96. The van der Waals surface area contributed by atoms with Crippen molar-refractivity contribution >= 4 is 5.78 Å². The third-order valence-electron chi connectivity index (χ3n) is 2.93. The monoisotopic (exact) mass is 256 g/mol. The normalized spacial score (nSPS) is 10.4. The smallest absolute Gasteiger partial charge is 0.191 e. The van der Waals surface area contributed by atoms with Gasteiger partial charge in [0, 0.05) is 18.8 Å². The molecule has 1 aromatic carbocycles. The molecule has 1 aromatic heterocycles. The maximum atomic E-state index is 11.2. The summed E-state index contributed by atoms with van der Waals surface area (Å²) in [7, 11) is 0. The van der Waals surface area contributed by atoms with Crippen molar-refractivity contribution in [2.24, 2.45) is 0 Å². The van der Waals surface area contributed by atoms with Crippen molar-refractivity contribution in [3.63, 3.8) is 0 Å². The van der Waals surface area contributed by atoms with E-state index in [1.807, 2.05) is 0 Å². The summed E-state index contributed by atoms with van der Waals surface area (Å²) in [4.78, 5) is 19.5. The molecule has 0 saturated carbocycles. The van der Waals surface area contributed by atoms with Crippen LogP contribution in [-0.4, -0.2) is 27.5 Å². The van der Waals surface area contributed by atoms with Gasteiger partial charge in [-0.25, -0.2) is 9.97 Å². The van der Waals surface area contributed by atoms with E-state index in [2.05, 4.69) is 41.2 Å². The lowest BCUT2D eigenvalue weighted by Crippen LogP contribution is -2.07. The molecule has 2 rings (SSSR count). The van der Waals surface area contributed by atoms with E-state index >= 15 is 0 Å². The zero-order valence-corrected chi connectivity index (χ0v) is 10.8. The molecule has 0 aliphatic rings. The van der Waals surface area contributed by atoms with Crippen molar-refractivity contribution in [3.05, 3.63) is 59.2 Å². The second-order valence-corrected chi connectivity index (χ2v) is 4.45. The second-order valence-electron chi connectivity index (χ2n) is 4.45. The predicted molar refractivity (Wildman–Crippen MR) is 72.0 cm³/mol. The fourth-order valence-corrected chi connectivity index (χ4v) is 1.73. The first kappa shape index (κ1) is 13.4. The Morgan fingerprint density at radius 2 is 1.74 bits per heavy atom. The minimum atomic E-state index is -0.508. The van der Waals surface area contributed by atoms with Gasteiger partial charge in [0.1, 0.15) is 12.4 Å². The average molecular weight is 256 g/mol. The Morgan fingerprint density at radius 3 is 2.32 bits per heavy atom. The Kier molecular flexibility index (Phi) is 4.36. The Labute approximate surface area is 112 Å². The molecule has 4 nitrogen and oxygen atoms in total. The van der Waals surface area contributed by atoms with E-state index in [4.69, 9.17) is 5.11 Å². The van der Waals surface area contributed by atoms with Crippen molar-refractivity contribution in [2.45, 2.75) is 19.8 Å². The highest BCUT2D eigenvalue weighted by Crippen LogP contribution is 2.06. The molecule has 0 unspecified atom stereocenters. The molecule has 1 heterocycles. The number of ketones is 1. The topological polar surface area (TPSA) is 63.1 Å². The number of carbonyl (C=O) groups is 1. The van der Waals surface area contributed by atoms with Gasteiger partial charge in [-0.3, -0.25) is 4.79 Å². The van der Waals surface area contributed by atoms with Gasteiger partial charge < -0.3 is 5.11 Å². The second kappa shape index (κ2) is 6.20. The summed E-state index contributed by atoms with van der Waals surface area (Å²) in [6, 6.07) is 8.36. The van der Waals surface area contributed by atoms with E-state index in [1.165, 1.54) is 23.5 Å². The van der Waals surface area contributed by atoms with Crippen LogP contribution in [0.15, 0.2) is 36.7 Å². The number of hydrogen-bond acceptors (Lipinski definition) is 4. The first-order valence-corrected chi connectivity index (χ1v) is 6.19. The molecule has 0 aliphatic carbocycles. The maximum absolute atomic E-state index is 11.2. The highest BCUT2D eigenvalue weighted by Gasteiger charge is 2.05. The fourth-order valence-electron chi connectivity index (χ4n) is 1.73. The summed E-state index contributed by atoms with van der Waals surface area (Å²) >= 11 is 0. The maximum Gasteiger partial charge on any atom is 0.191 e. The number of benzene rings is 1. The first-order chi connectivity index (χ1) is 9.19. The number of Topliss-reactive ketones (excluding diaryl/α,β-unsaturated/α-hetero) is 1. The van der Waals surface area contributed by atoms with Crippen molar-refractivity contribution in [2.75, 3.05) is 6.61 Å². The minimum Gasteiger partial charge on any atom is -0.388 e. The molecule has 98 valence electrons. The summed E-state index contributed by atoms with van der Waals surface area (Å²) in [5.41, 5.74) is 2.83. The zero-order chi connectivity index (χ0) is 13.7. The fraction of sp³-hybridized carbons (Fsp3) is 0.267. The van der Waals surface area contributed by atoms with Gasteiger partial charge in [-0.05, 0) is 18.9 Å². The van der Waals surface area contributed by atoms with Crippen LogP contribution < -0.4 is 0 Å². The summed E-state index contributed by atoms with van der Waals surface area (Å²) in [6.07, 6.45) is 4.54. The van der Waals surface area contributed by atoms with E-state index in [-0.39, 0.29) is 5.78 Å². The van der Waals surface area contributed by atoms with E-state index < -0.39 is 6.61 Å². The molecule has 0 fully saturated rings. The van der Waals surface area contributed by atoms with Crippen molar-refractivity contribution in [3.8, 4) is 0 Å². The van der Waals surface area contributed by atoms with Gasteiger partial charge in [0.2, 0.25) is 0 Å². The number of carbonyl (C=O) groups excluding carboxylic acids is 1. The molecule has 0 aliphatic heterocycles. The lowest BCUT2D eigenvalue weighted by atomic mass is 10.1. The lowest BCUT2D eigenvalue weighted by Gasteiger charge is -2.02. The van der Waals surface area contributed by atoms with Crippen LogP contribution in [0.25, 0.3) is 0 Å². The highest BCUT2D eigenvalue weighted by atomic mass is 16.3. The Balaban J connectivity index is 1.96. The summed E-state index contributed by atoms with van der Waals surface area (Å²) < 4.78 is 0. The standard InChI is InChI=1S/C15H16N2O2/c1-11-2-4-12(5-3-11)6-7-15-16-8-13(9-17-15)14(19)10-18/h2-5,8-9,18H,6-7,10H2,1H3. The molecule has 0 radical (unpaired) electrons. The number of rotatable bonds is 5. The molecule has 0 bridgehead atoms. The van der Waals surface area contributed by atoms with Gasteiger partial charge in [-0.15, -0.1) is 0 Å². The third-order valence-corrected chi connectivity index (χ3v) is 2.93. The minimum absolute atomic E-state index is 0.349.